The number of nitrogens with zero attached hydrogens (tertiary/aromatic N) is 4. The van der Waals surface area contributed by atoms with Gasteiger partial charge in [0, 0.05) is 50.7 Å². The number of anilines is 1. The van der Waals surface area contributed by atoms with Crippen molar-refractivity contribution in [3.63, 3.8) is 0 Å². The molecule has 0 unspecified atom stereocenters. The molecule has 2 rings (SSSR count). The second-order valence-corrected chi connectivity index (χ2v) is 5.39. The maximum absolute atomic E-state index is 12.6. The lowest BCUT2D eigenvalue weighted by Crippen LogP contribution is -2.37. The first-order valence-electron chi connectivity index (χ1n) is 7.51. The van der Waals surface area contributed by atoms with Gasteiger partial charge in [0.15, 0.2) is 0 Å². The Morgan fingerprint density at radius 3 is 2.43 bits per heavy atom. The molecule has 0 saturated carbocycles. The molecule has 1 fully saturated rings. The molecule has 0 amide bonds. The van der Waals surface area contributed by atoms with E-state index in [1.165, 1.54) is 4.90 Å². The molecule has 1 aliphatic rings. The summed E-state index contributed by atoms with van der Waals surface area (Å²) in [4.78, 5) is 11.7. The maximum atomic E-state index is 12.6. The summed E-state index contributed by atoms with van der Waals surface area (Å²) in [5.41, 5.74) is 0.615. The zero-order valence-corrected chi connectivity index (χ0v) is 12.8. The number of hydrogen-bond acceptors (Lipinski definition) is 6. The van der Waals surface area contributed by atoms with Crippen LogP contribution in [0.4, 0.5) is 19.1 Å². The van der Waals surface area contributed by atoms with Crippen molar-refractivity contribution in [3.05, 3.63) is 18.0 Å². The predicted molar refractivity (Wildman–Crippen MR) is 78.1 cm³/mol. The number of hydrogen-bond donors (Lipinski definition) is 1. The summed E-state index contributed by atoms with van der Waals surface area (Å²) in [7, 11) is 0. The molecule has 1 aromatic rings. The summed E-state index contributed by atoms with van der Waals surface area (Å²) >= 11 is 0. The molecule has 0 atom stereocenters. The van der Waals surface area contributed by atoms with Crippen molar-refractivity contribution in [2.75, 3.05) is 50.9 Å². The van der Waals surface area contributed by atoms with Crippen LogP contribution in [0.25, 0.3) is 0 Å². The van der Waals surface area contributed by atoms with E-state index in [1.54, 1.807) is 12.4 Å². The number of rotatable bonds is 7. The van der Waals surface area contributed by atoms with Crippen molar-refractivity contribution in [1.29, 1.82) is 0 Å². The topological polar surface area (TPSA) is 61.7 Å². The van der Waals surface area contributed by atoms with Crippen LogP contribution in [0.3, 0.4) is 0 Å². The minimum Gasteiger partial charge on any atom is -0.396 e. The number of alkyl halides is 3. The second-order valence-electron chi connectivity index (χ2n) is 5.39. The standard InChI is InChI=1S/C14H21F3N4O2/c15-14(16,17)11-20(2-1-5-22)10-12-8-18-13(19-9-12)21-3-6-23-7-4-21/h8-9,22H,1-7,10-11H2. The van der Waals surface area contributed by atoms with Gasteiger partial charge in [0.1, 0.15) is 0 Å². The molecule has 0 aliphatic carbocycles. The molecule has 1 aliphatic heterocycles. The monoisotopic (exact) mass is 334 g/mol. The summed E-state index contributed by atoms with van der Waals surface area (Å²) < 4.78 is 43.0. The lowest BCUT2D eigenvalue weighted by molar-refractivity contribution is -0.147. The molecule has 6 nitrogen and oxygen atoms in total. The summed E-state index contributed by atoms with van der Waals surface area (Å²) in [6.07, 6.45) is -0.868. The van der Waals surface area contributed by atoms with Crippen molar-refractivity contribution in [2.24, 2.45) is 0 Å². The van der Waals surface area contributed by atoms with Gasteiger partial charge in [-0.25, -0.2) is 9.97 Å². The molecule has 0 spiro atoms. The molecule has 0 aromatic carbocycles. The third kappa shape index (κ3) is 6.28. The van der Waals surface area contributed by atoms with E-state index in [0.29, 0.717) is 44.2 Å². The quantitative estimate of drug-likeness (QED) is 0.805. The number of morpholine rings is 1. The summed E-state index contributed by atoms with van der Waals surface area (Å²) in [6.45, 7) is 1.76. The largest absolute Gasteiger partial charge is 0.401 e. The Morgan fingerprint density at radius 2 is 1.87 bits per heavy atom. The first kappa shape index (κ1) is 17.9. The van der Waals surface area contributed by atoms with E-state index in [2.05, 4.69) is 9.97 Å². The Hall–Kier alpha value is -1.45. The number of halogens is 3. The van der Waals surface area contributed by atoms with Crippen LogP contribution < -0.4 is 4.90 Å². The lowest BCUT2D eigenvalue weighted by Gasteiger charge is -2.27. The van der Waals surface area contributed by atoms with Crippen LogP contribution in [0.1, 0.15) is 12.0 Å². The van der Waals surface area contributed by atoms with Gasteiger partial charge in [-0.15, -0.1) is 0 Å². The second kappa shape index (κ2) is 8.42. The van der Waals surface area contributed by atoms with Gasteiger partial charge in [0.05, 0.1) is 19.8 Å². The molecule has 1 aromatic heterocycles. The normalized spacial score (nSPS) is 16.1. The summed E-state index contributed by atoms with van der Waals surface area (Å²) in [5, 5.41) is 8.81. The molecule has 9 heteroatoms. The van der Waals surface area contributed by atoms with E-state index in [0.717, 1.165) is 0 Å². The Bertz CT molecular complexity index is 464. The van der Waals surface area contributed by atoms with Crippen LogP contribution in [0, 0.1) is 0 Å². The molecule has 1 N–H and O–H groups in total. The fourth-order valence-electron chi connectivity index (χ4n) is 2.38. The van der Waals surface area contributed by atoms with Crippen molar-refractivity contribution >= 4 is 5.95 Å². The van der Waals surface area contributed by atoms with Crippen LogP contribution in [-0.4, -0.2) is 72.2 Å². The van der Waals surface area contributed by atoms with E-state index in [-0.39, 0.29) is 19.7 Å². The minimum absolute atomic E-state index is 0.100. The van der Waals surface area contributed by atoms with Crippen molar-refractivity contribution in [1.82, 2.24) is 14.9 Å². The van der Waals surface area contributed by atoms with Gasteiger partial charge in [0.2, 0.25) is 5.95 Å². The smallest absolute Gasteiger partial charge is 0.396 e. The fourth-order valence-corrected chi connectivity index (χ4v) is 2.38. The van der Waals surface area contributed by atoms with Gasteiger partial charge < -0.3 is 14.7 Å². The summed E-state index contributed by atoms with van der Waals surface area (Å²) in [6, 6.07) is 0. The number of aromatic nitrogens is 2. The number of ether oxygens (including phenoxy) is 1. The van der Waals surface area contributed by atoms with Gasteiger partial charge in [-0.3, -0.25) is 4.90 Å². The lowest BCUT2D eigenvalue weighted by atomic mass is 10.3. The number of aliphatic hydroxyl groups excluding tert-OH is 1. The highest BCUT2D eigenvalue weighted by Crippen LogP contribution is 2.18. The highest BCUT2D eigenvalue weighted by Gasteiger charge is 2.30. The zero-order chi connectivity index (χ0) is 16.7. The molecule has 2 heterocycles. The zero-order valence-electron chi connectivity index (χ0n) is 12.8. The SMILES string of the molecule is OCCCN(Cc1cnc(N2CCOCC2)nc1)CC(F)(F)F. The molecule has 23 heavy (non-hydrogen) atoms. The minimum atomic E-state index is -4.27. The van der Waals surface area contributed by atoms with Crippen LogP contribution >= 0.6 is 0 Å². The van der Waals surface area contributed by atoms with Gasteiger partial charge in [-0.05, 0) is 6.42 Å². The van der Waals surface area contributed by atoms with E-state index in [9.17, 15) is 13.2 Å². The van der Waals surface area contributed by atoms with E-state index in [4.69, 9.17) is 9.84 Å². The highest BCUT2D eigenvalue weighted by atomic mass is 19.4. The van der Waals surface area contributed by atoms with Crippen molar-refractivity contribution in [2.45, 2.75) is 19.1 Å². The molecular weight excluding hydrogens is 313 g/mol. The van der Waals surface area contributed by atoms with E-state index in [1.807, 2.05) is 4.90 Å². The van der Waals surface area contributed by atoms with Crippen LogP contribution in [0.5, 0.6) is 0 Å². The van der Waals surface area contributed by atoms with Crippen molar-refractivity contribution in [3.8, 4) is 0 Å². The van der Waals surface area contributed by atoms with Crippen LogP contribution in [0.15, 0.2) is 12.4 Å². The maximum Gasteiger partial charge on any atom is 0.401 e. The Balaban J connectivity index is 1.95. The van der Waals surface area contributed by atoms with Gasteiger partial charge in [-0.1, -0.05) is 0 Å². The Labute approximate surface area is 132 Å². The summed E-state index contributed by atoms with van der Waals surface area (Å²) in [5.74, 6) is 0.565. The highest BCUT2D eigenvalue weighted by molar-refractivity contribution is 5.30. The molecule has 1 saturated heterocycles. The predicted octanol–water partition coefficient (Wildman–Crippen LogP) is 1.06. The molecule has 0 bridgehead atoms. The van der Waals surface area contributed by atoms with E-state index < -0.39 is 12.7 Å². The number of aliphatic hydroxyl groups is 1. The third-order valence-corrected chi connectivity index (χ3v) is 3.43. The Morgan fingerprint density at radius 1 is 1.22 bits per heavy atom. The van der Waals surface area contributed by atoms with E-state index >= 15 is 0 Å². The third-order valence-electron chi connectivity index (χ3n) is 3.43. The molecular formula is C14H21F3N4O2. The van der Waals surface area contributed by atoms with Crippen LogP contribution in [-0.2, 0) is 11.3 Å². The van der Waals surface area contributed by atoms with Crippen molar-refractivity contribution < 1.29 is 23.0 Å². The average Bonchev–Trinajstić information content (AvgIpc) is 2.53. The average molecular weight is 334 g/mol. The molecule has 130 valence electrons. The van der Waals surface area contributed by atoms with Crippen LogP contribution in [0.2, 0.25) is 0 Å². The first-order valence-corrected chi connectivity index (χ1v) is 7.51. The van der Waals surface area contributed by atoms with Gasteiger partial charge >= 0.3 is 6.18 Å². The first-order chi connectivity index (χ1) is 11.0. The molecule has 0 radical (unpaired) electrons. The van der Waals surface area contributed by atoms with Gasteiger partial charge in [-0.2, -0.15) is 13.2 Å². The Kier molecular flexibility index (Phi) is 6.55. The van der Waals surface area contributed by atoms with Gasteiger partial charge in [0.25, 0.3) is 0 Å². The fraction of sp³-hybridized carbons (Fsp3) is 0.714.